The van der Waals surface area contributed by atoms with Gasteiger partial charge < -0.3 is 9.64 Å². The first-order valence-electron chi connectivity index (χ1n) is 7.65. The molecule has 0 radical (unpaired) electrons. The van der Waals surface area contributed by atoms with Gasteiger partial charge >= 0.3 is 0 Å². The monoisotopic (exact) mass is 313 g/mol. The normalized spacial score (nSPS) is 10.7. The van der Waals surface area contributed by atoms with E-state index in [9.17, 15) is 4.79 Å². The van der Waals surface area contributed by atoms with Crippen LogP contribution in [0, 0.1) is 5.92 Å². The van der Waals surface area contributed by atoms with Crippen LogP contribution in [0.4, 0.5) is 5.82 Å². The van der Waals surface area contributed by atoms with E-state index in [1.807, 2.05) is 57.1 Å². The number of hydrogen-bond acceptors (Lipinski definition) is 5. The summed E-state index contributed by atoms with van der Waals surface area (Å²) in [6.45, 7) is 4.05. The fourth-order valence-corrected chi connectivity index (χ4v) is 2.35. The molecular formula is C18H23N3O2. The van der Waals surface area contributed by atoms with E-state index in [2.05, 4.69) is 9.97 Å². The van der Waals surface area contributed by atoms with E-state index in [4.69, 9.17) is 4.74 Å². The number of methoxy groups -OCH3 is 1. The van der Waals surface area contributed by atoms with Crippen molar-refractivity contribution >= 4 is 11.6 Å². The Morgan fingerprint density at radius 1 is 1.26 bits per heavy atom. The lowest BCUT2D eigenvalue weighted by Crippen LogP contribution is -2.17. The molecule has 0 spiro atoms. The summed E-state index contributed by atoms with van der Waals surface area (Å²) in [4.78, 5) is 23.2. The summed E-state index contributed by atoms with van der Waals surface area (Å²) < 4.78 is 5.37. The van der Waals surface area contributed by atoms with Gasteiger partial charge in [0, 0.05) is 26.7 Å². The molecule has 2 aromatic rings. The number of aromatic nitrogens is 2. The second-order valence-electron chi connectivity index (χ2n) is 6.05. The van der Waals surface area contributed by atoms with Gasteiger partial charge in [-0.05, 0) is 18.1 Å². The first kappa shape index (κ1) is 16.9. The Morgan fingerprint density at radius 2 is 1.96 bits per heavy atom. The highest BCUT2D eigenvalue weighted by atomic mass is 16.5. The fourth-order valence-electron chi connectivity index (χ4n) is 2.35. The van der Waals surface area contributed by atoms with Crippen LogP contribution in [0.5, 0.6) is 5.75 Å². The van der Waals surface area contributed by atoms with Gasteiger partial charge in [0.15, 0.2) is 11.6 Å². The van der Waals surface area contributed by atoms with Gasteiger partial charge in [0.05, 0.1) is 18.2 Å². The Bertz CT molecular complexity index is 696. The van der Waals surface area contributed by atoms with Crippen molar-refractivity contribution in [2.75, 3.05) is 26.1 Å². The third-order valence-electron chi connectivity index (χ3n) is 3.43. The highest BCUT2D eigenvalue weighted by Gasteiger charge is 2.18. The van der Waals surface area contributed by atoms with E-state index in [1.165, 1.54) is 0 Å². The molecule has 23 heavy (non-hydrogen) atoms. The van der Waals surface area contributed by atoms with E-state index in [0.717, 1.165) is 5.56 Å². The molecule has 0 fully saturated rings. The van der Waals surface area contributed by atoms with Crippen LogP contribution >= 0.6 is 0 Å². The SMILES string of the molecule is COc1ccccc1-c1ncc(C(=O)CC(C)C)c(N(C)C)n1. The summed E-state index contributed by atoms with van der Waals surface area (Å²) in [5.41, 5.74) is 1.36. The zero-order valence-corrected chi connectivity index (χ0v) is 14.3. The molecule has 5 nitrogen and oxygen atoms in total. The molecule has 0 amide bonds. The Labute approximate surface area is 137 Å². The van der Waals surface area contributed by atoms with Gasteiger partial charge in [-0.25, -0.2) is 9.97 Å². The number of hydrogen-bond donors (Lipinski definition) is 0. The van der Waals surface area contributed by atoms with Gasteiger partial charge in [-0.15, -0.1) is 0 Å². The third-order valence-corrected chi connectivity index (χ3v) is 3.43. The maximum atomic E-state index is 12.4. The van der Waals surface area contributed by atoms with Gasteiger partial charge in [-0.1, -0.05) is 26.0 Å². The van der Waals surface area contributed by atoms with Gasteiger partial charge in [0.1, 0.15) is 11.6 Å². The van der Waals surface area contributed by atoms with Gasteiger partial charge in [0.25, 0.3) is 0 Å². The van der Waals surface area contributed by atoms with E-state index >= 15 is 0 Å². The number of Topliss-reactive ketones (excluding diaryl/α,β-unsaturated/α-hetero) is 1. The summed E-state index contributed by atoms with van der Waals surface area (Å²) in [6.07, 6.45) is 2.10. The lowest BCUT2D eigenvalue weighted by molar-refractivity contribution is 0.0967. The van der Waals surface area contributed by atoms with Crippen LogP contribution in [-0.4, -0.2) is 37.0 Å². The number of ether oxygens (including phenoxy) is 1. The minimum absolute atomic E-state index is 0.0651. The molecule has 0 bridgehead atoms. The van der Waals surface area contributed by atoms with Crippen molar-refractivity contribution in [2.45, 2.75) is 20.3 Å². The van der Waals surface area contributed by atoms with Crippen LogP contribution in [-0.2, 0) is 0 Å². The molecule has 0 aliphatic heterocycles. The molecular weight excluding hydrogens is 290 g/mol. The van der Waals surface area contributed by atoms with Crippen molar-refractivity contribution in [3.63, 3.8) is 0 Å². The van der Waals surface area contributed by atoms with E-state index in [-0.39, 0.29) is 5.78 Å². The number of carbonyl (C=O) groups is 1. The minimum Gasteiger partial charge on any atom is -0.496 e. The molecule has 2 rings (SSSR count). The van der Waals surface area contributed by atoms with Crippen LogP contribution < -0.4 is 9.64 Å². The van der Waals surface area contributed by atoms with Crippen molar-refractivity contribution in [1.82, 2.24) is 9.97 Å². The van der Waals surface area contributed by atoms with Gasteiger partial charge in [0.2, 0.25) is 0 Å². The van der Waals surface area contributed by atoms with E-state index < -0.39 is 0 Å². The predicted octanol–water partition coefficient (Wildman–Crippen LogP) is 3.45. The average Bonchev–Trinajstić information content (AvgIpc) is 2.53. The lowest BCUT2D eigenvalue weighted by Gasteiger charge is -2.17. The smallest absolute Gasteiger partial charge is 0.168 e. The molecule has 0 saturated heterocycles. The minimum atomic E-state index is 0.0651. The topological polar surface area (TPSA) is 55.3 Å². The number of para-hydroxylation sites is 1. The summed E-state index contributed by atoms with van der Waals surface area (Å²) in [5.74, 6) is 2.25. The van der Waals surface area contributed by atoms with Crippen LogP contribution in [0.1, 0.15) is 30.6 Å². The zero-order chi connectivity index (χ0) is 17.0. The van der Waals surface area contributed by atoms with Crippen molar-refractivity contribution in [2.24, 2.45) is 5.92 Å². The van der Waals surface area contributed by atoms with Crippen molar-refractivity contribution < 1.29 is 9.53 Å². The van der Waals surface area contributed by atoms with Crippen molar-refractivity contribution in [3.05, 3.63) is 36.0 Å². The standard InChI is InChI=1S/C18H23N3O2/c1-12(2)10-15(22)14-11-19-17(20-18(14)21(3)4)13-8-6-7-9-16(13)23-5/h6-9,11-12H,10H2,1-5H3. The van der Waals surface area contributed by atoms with Gasteiger partial charge in [-0.2, -0.15) is 0 Å². The summed E-state index contributed by atoms with van der Waals surface area (Å²) in [7, 11) is 5.37. The van der Waals surface area contributed by atoms with Crippen LogP contribution in [0.25, 0.3) is 11.4 Å². The van der Waals surface area contributed by atoms with Gasteiger partial charge in [-0.3, -0.25) is 4.79 Å². The van der Waals surface area contributed by atoms with Crippen molar-refractivity contribution in [3.8, 4) is 17.1 Å². The molecule has 0 atom stereocenters. The molecule has 0 saturated carbocycles. The molecule has 0 aliphatic rings. The average molecular weight is 313 g/mol. The van der Waals surface area contributed by atoms with Crippen LogP contribution in [0.3, 0.4) is 0 Å². The first-order chi connectivity index (χ1) is 10.9. The predicted molar refractivity (Wildman–Crippen MR) is 92.1 cm³/mol. The molecule has 0 unspecified atom stereocenters. The fraction of sp³-hybridized carbons (Fsp3) is 0.389. The highest BCUT2D eigenvalue weighted by Crippen LogP contribution is 2.29. The van der Waals surface area contributed by atoms with Crippen LogP contribution in [0.15, 0.2) is 30.5 Å². The Balaban J connectivity index is 2.50. The molecule has 5 heteroatoms. The molecule has 0 aliphatic carbocycles. The number of benzene rings is 1. The van der Waals surface area contributed by atoms with E-state index in [1.54, 1.807) is 13.3 Å². The number of rotatable bonds is 6. The molecule has 0 N–H and O–H groups in total. The summed E-state index contributed by atoms with van der Waals surface area (Å²) in [5, 5.41) is 0. The second-order valence-corrected chi connectivity index (χ2v) is 6.05. The van der Waals surface area contributed by atoms with E-state index in [0.29, 0.717) is 35.3 Å². The summed E-state index contributed by atoms with van der Waals surface area (Å²) >= 11 is 0. The molecule has 122 valence electrons. The quantitative estimate of drug-likeness (QED) is 0.765. The Hall–Kier alpha value is -2.43. The maximum Gasteiger partial charge on any atom is 0.168 e. The molecule has 1 heterocycles. The number of anilines is 1. The molecule has 1 aromatic carbocycles. The highest BCUT2D eigenvalue weighted by molar-refractivity contribution is 6.00. The third kappa shape index (κ3) is 3.86. The number of nitrogens with zero attached hydrogens (tertiary/aromatic N) is 3. The van der Waals surface area contributed by atoms with Crippen molar-refractivity contribution in [1.29, 1.82) is 0 Å². The Morgan fingerprint density at radius 3 is 2.57 bits per heavy atom. The van der Waals surface area contributed by atoms with Crippen LogP contribution in [0.2, 0.25) is 0 Å². The molecule has 1 aromatic heterocycles. The first-order valence-corrected chi connectivity index (χ1v) is 7.65. The second kappa shape index (κ2) is 7.22. The maximum absolute atomic E-state index is 12.4. The largest absolute Gasteiger partial charge is 0.496 e. The number of carbonyl (C=O) groups excluding carboxylic acids is 1. The summed E-state index contributed by atoms with van der Waals surface area (Å²) in [6, 6.07) is 7.58. The number of ketones is 1. The Kier molecular flexibility index (Phi) is 5.32. The lowest BCUT2D eigenvalue weighted by atomic mass is 10.0. The zero-order valence-electron chi connectivity index (χ0n) is 14.3.